The van der Waals surface area contributed by atoms with E-state index >= 15 is 0 Å². The predicted molar refractivity (Wildman–Crippen MR) is 73.5 cm³/mol. The normalized spacial score (nSPS) is 10.3. The molecule has 1 heterocycles. The SMILES string of the molecule is COc1cc(C(=O)c2ncc(Cl)nc2Cl)ccc1Cl. The molecule has 0 fully saturated rings. The van der Waals surface area contributed by atoms with Crippen molar-refractivity contribution in [3.63, 3.8) is 0 Å². The van der Waals surface area contributed by atoms with Gasteiger partial charge in [0, 0.05) is 5.56 Å². The summed E-state index contributed by atoms with van der Waals surface area (Å²) in [5.74, 6) is 0.00898. The van der Waals surface area contributed by atoms with Crippen LogP contribution in [0.15, 0.2) is 24.4 Å². The van der Waals surface area contributed by atoms with E-state index in [-0.39, 0.29) is 21.8 Å². The van der Waals surface area contributed by atoms with Gasteiger partial charge in [0.2, 0.25) is 5.78 Å². The molecule has 0 N–H and O–H groups in total. The van der Waals surface area contributed by atoms with E-state index in [0.717, 1.165) is 0 Å². The van der Waals surface area contributed by atoms with Gasteiger partial charge in [-0.25, -0.2) is 9.97 Å². The van der Waals surface area contributed by atoms with Crippen molar-refractivity contribution in [1.82, 2.24) is 9.97 Å². The van der Waals surface area contributed by atoms with Gasteiger partial charge in [0.25, 0.3) is 0 Å². The fraction of sp³-hybridized carbons (Fsp3) is 0.0833. The van der Waals surface area contributed by atoms with Gasteiger partial charge < -0.3 is 4.74 Å². The van der Waals surface area contributed by atoms with E-state index in [1.54, 1.807) is 12.1 Å². The number of methoxy groups -OCH3 is 1. The van der Waals surface area contributed by atoms with Crippen LogP contribution in [0.4, 0.5) is 0 Å². The molecule has 0 spiro atoms. The summed E-state index contributed by atoms with van der Waals surface area (Å²) in [7, 11) is 1.46. The zero-order valence-corrected chi connectivity index (χ0v) is 11.9. The number of halogens is 3. The number of carbonyl (C=O) groups excluding carboxylic acids is 1. The lowest BCUT2D eigenvalue weighted by atomic mass is 10.1. The molecule has 0 saturated carbocycles. The second-order valence-electron chi connectivity index (χ2n) is 3.51. The standard InChI is InChI=1S/C12H7Cl3N2O2/c1-19-8-4-6(2-3-7(8)13)11(18)10-12(15)17-9(14)5-16-10/h2-5H,1H3. The third kappa shape index (κ3) is 2.97. The molecular formula is C12H7Cl3N2O2. The third-order valence-electron chi connectivity index (χ3n) is 2.33. The first-order chi connectivity index (χ1) is 9.02. The highest BCUT2D eigenvalue weighted by Crippen LogP contribution is 2.27. The molecule has 0 bridgehead atoms. The van der Waals surface area contributed by atoms with E-state index in [1.807, 2.05) is 0 Å². The molecule has 0 atom stereocenters. The van der Waals surface area contributed by atoms with Crippen LogP contribution in [0.2, 0.25) is 15.3 Å². The molecule has 0 aliphatic rings. The summed E-state index contributed by atoms with van der Waals surface area (Å²) in [6.07, 6.45) is 1.26. The zero-order chi connectivity index (χ0) is 14.0. The van der Waals surface area contributed by atoms with Gasteiger partial charge in [0.15, 0.2) is 5.15 Å². The molecule has 7 heteroatoms. The topological polar surface area (TPSA) is 52.1 Å². The molecule has 98 valence electrons. The molecule has 0 aliphatic heterocycles. The van der Waals surface area contributed by atoms with Crippen LogP contribution in [-0.2, 0) is 0 Å². The van der Waals surface area contributed by atoms with Gasteiger partial charge in [-0.15, -0.1) is 0 Å². The molecular weight excluding hydrogens is 311 g/mol. The zero-order valence-electron chi connectivity index (χ0n) is 9.65. The van der Waals surface area contributed by atoms with Crippen LogP contribution < -0.4 is 4.74 Å². The minimum Gasteiger partial charge on any atom is -0.495 e. The van der Waals surface area contributed by atoms with Crippen LogP contribution in [0.25, 0.3) is 0 Å². The molecule has 0 unspecified atom stereocenters. The molecule has 0 amide bonds. The molecule has 2 aromatic rings. The summed E-state index contributed by atoms with van der Waals surface area (Å²) in [5, 5.41) is 0.481. The maximum atomic E-state index is 12.2. The van der Waals surface area contributed by atoms with Gasteiger partial charge >= 0.3 is 0 Å². The van der Waals surface area contributed by atoms with E-state index in [9.17, 15) is 4.79 Å². The van der Waals surface area contributed by atoms with E-state index < -0.39 is 0 Å². The van der Waals surface area contributed by atoms with E-state index in [2.05, 4.69) is 9.97 Å². The number of ether oxygens (including phenoxy) is 1. The smallest absolute Gasteiger partial charge is 0.214 e. The molecule has 19 heavy (non-hydrogen) atoms. The minimum absolute atomic E-state index is 0.0236. The first-order valence-corrected chi connectivity index (χ1v) is 6.22. The highest BCUT2D eigenvalue weighted by atomic mass is 35.5. The number of hydrogen-bond acceptors (Lipinski definition) is 4. The second-order valence-corrected chi connectivity index (χ2v) is 4.66. The van der Waals surface area contributed by atoms with Crippen molar-refractivity contribution in [2.24, 2.45) is 0 Å². The number of nitrogens with zero attached hydrogens (tertiary/aromatic N) is 2. The summed E-state index contributed by atoms with van der Waals surface area (Å²) in [6, 6.07) is 4.63. The number of hydrogen-bond donors (Lipinski definition) is 0. The summed E-state index contributed by atoms with van der Waals surface area (Å²) >= 11 is 17.4. The average molecular weight is 318 g/mol. The highest BCUT2D eigenvalue weighted by molar-refractivity contribution is 6.35. The molecule has 0 saturated heterocycles. The maximum Gasteiger partial charge on any atom is 0.214 e. The summed E-state index contributed by atoms with van der Waals surface area (Å²) in [5.41, 5.74) is 0.371. The van der Waals surface area contributed by atoms with Crippen LogP contribution in [-0.4, -0.2) is 22.9 Å². The average Bonchev–Trinajstić information content (AvgIpc) is 2.38. The second kappa shape index (κ2) is 5.74. The van der Waals surface area contributed by atoms with Crippen molar-refractivity contribution >= 4 is 40.6 Å². The Morgan fingerprint density at radius 1 is 1.26 bits per heavy atom. The van der Waals surface area contributed by atoms with Crippen LogP contribution in [0.3, 0.4) is 0 Å². The fourth-order valence-corrected chi connectivity index (χ4v) is 2.03. The molecule has 1 aromatic heterocycles. The van der Waals surface area contributed by atoms with Crippen LogP contribution >= 0.6 is 34.8 Å². The first-order valence-electron chi connectivity index (χ1n) is 5.09. The van der Waals surface area contributed by atoms with E-state index in [4.69, 9.17) is 39.5 Å². The van der Waals surface area contributed by atoms with E-state index in [0.29, 0.717) is 16.3 Å². The quantitative estimate of drug-likeness (QED) is 0.810. The molecule has 0 radical (unpaired) electrons. The van der Waals surface area contributed by atoms with Crippen molar-refractivity contribution < 1.29 is 9.53 Å². The summed E-state index contributed by atoms with van der Waals surface area (Å²) < 4.78 is 5.05. The van der Waals surface area contributed by atoms with Gasteiger partial charge in [0.05, 0.1) is 18.3 Å². The Hall–Kier alpha value is -1.36. The Labute approximate surface area is 124 Å². The van der Waals surface area contributed by atoms with Gasteiger partial charge in [-0.1, -0.05) is 34.8 Å². The van der Waals surface area contributed by atoms with Gasteiger partial charge in [-0.05, 0) is 18.2 Å². The van der Waals surface area contributed by atoms with E-state index in [1.165, 1.54) is 19.4 Å². The summed E-state index contributed by atoms with van der Waals surface area (Å²) in [4.78, 5) is 19.9. The van der Waals surface area contributed by atoms with Crippen LogP contribution in [0, 0.1) is 0 Å². The predicted octanol–water partition coefficient (Wildman–Crippen LogP) is 3.68. The lowest BCUT2D eigenvalue weighted by Crippen LogP contribution is -2.06. The Morgan fingerprint density at radius 2 is 2.00 bits per heavy atom. The minimum atomic E-state index is -0.385. The highest BCUT2D eigenvalue weighted by Gasteiger charge is 2.17. The maximum absolute atomic E-state index is 12.2. The Bertz CT molecular complexity index is 647. The van der Waals surface area contributed by atoms with Crippen molar-refractivity contribution in [3.05, 3.63) is 51.0 Å². The van der Waals surface area contributed by atoms with Crippen molar-refractivity contribution in [2.45, 2.75) is 0 Å². The van der Waals surface area contributed by atoms with Crippen LogP contribution in [0.1, 0.15) is 16.1 Å². The Kier molecular flexibility index (Phi) is 4.24. The fourth-order valence-electron chi connectivity index (χ4n) is 1.44. The lowest BCUT2D eigenvalue weighted by Gasteiger charge is -2.06. The number of benzene rings is 1. The van der Waals surface area contributed by atoms with Gasteiger partial charge in [-0.3, -0.25) is 4.79 Å². The largest absolute Gasteiger partial charge is 0.495 e. The first kappa shape index (κ1) is 14.1. The third-order valence-corrected chi connectivity index (χ3v) is 3.09. The molecule has 1 aromatic carbocycles. The number of rotatable bonds is 3. The monoisotopic (exact) mass is 316 g/mol. The van der Waals surface area contributed by atoms with Crippen molar-refractivity contribution in [2.75, 3.05) is 7.11 Å². The summed E-state index contributed by atoms with van der Waals surface area (Å²) in [6.45, 7) is 0. The molecule has 2 rings (SSSR count). The lowest BCUT2D eigenvalue weighted by molar-refractivity contribution is 0.103. The number of aromatic nitrogens is 2. The molecule has 4 nitrogen and oxygen atoms in total. The molecule has 0 aliphatic carbocycles. The van der Waals surface area contributed by atoms with Crippen LogP contribution in [0.5, 0.6) is 5.75 Å². The van der Waals surface area contributed by atoms with Crippen molar-refractivity contribution in [1.29, 1.82) is 0 Å². The number of carbonyl (C=O) groups is 1. The van der Waals surface area contributed by atoms with Gasteiger partial charge in [-0.2, -0.15) is 0 Å². The van der Waals surface area contributed by atoms with Gasteiger partial charge in [0.1, 0.15) is 16.6 Å². The number of ketones is 1. The van der Waals surface area contributed by atoms with Crippen molar-refractivity contribution in [3.8, 4) is 5.75 Å². The Morgan fingerprint density at radius 3 is 2.63 bits per heavy atom. The Balaban J connectivity index is 2.44.